The topological polar surface area (TPSA) is 62.3 Å². The molecule has 2 aromatic rings. The third-order valence-corrected chi connectivity index (χ3v) is 4.29. The zero-order chi connectivity index (χ0) is 18.9. The maximum Gasteiger partial charge on any atom is 0.253 e. The summed E-state index contributed by atoms with van der Waals surface area (Å²) < 4.78 is 13.3. The van der Waals surface area contributed by atoms with E-state index in [-0.39, 0.29) is 23.7 Å². The summed E-state index contributed by atoms with van der Waals surface area (Å²) in [7, 11) is 0. The SMILES string of the molecule is CC(C)(C)C(=O)N1CC(NC(=O)c2ccc(-c3cccc(F)c3)nc2)C1. The van der Waals surface area contributed by atoms with Crippen LogP contribution in [0, 0.1) is 11.2 Å². The quantitative estimate of drug-likeness (QED) is 0.921. The summed E-state index contributed by atoms with van der Waals surface area (Å²) in [5, 5.41) is 2.90. The summed E-state index contributed by atoms with van der Waals surface area (Å²) in [5.74, 6) is -0.467. The van der Waals surface area contributed by atoms with Gasteiger partial charge in [0.25, 0.3) is 5.91 Å². The van der Waals surface area contributed by atoms with Crippen LogP contribution in [0.5, 0.6) is 0 Å². The number of rotatable bonds is 3. The number of nitrogens with one attached hydrogen (secondary N) is 1. The molecule has 1 N–H and O–H groups in total. The smallest absolute Gasteiger partial charge is 0.253 e. The first-order valence-electron chi connectivity index (χ1n) is 8.56. The first kappa shape index (κ1) is 18.0. The van der Waals surface area contributed by atoms with E-state index < -0.39 is 5.41 Å². The van der Waals surface area contributed by atoms with Gasteiger partial charge in [-0.2, -0.15) is 0 Å². The van der Waals surface area contributed by atoms with Crippen LogP contribution in [0.15, 0.2) is 42.6 Å². The van der Waals surface area contributed by atoms with E-state index >= 15 is 0 Å². The zero-order valence-electron chi connectivity index (χ0n) is 15.1. The molecule has 1 aromatic heterocycles. The van der Waals surface area contributed by atoms with Crippen LogP contribution in [0.25, 0.3) is 11.3 Å². The van der Waals surface area contributed by atoms with Crippen LogP contribution in [-0.4, -0.2) is 40.8 Å². The largest absolute Gasteiger partial charge is 0.346 e. The number of likely N-dealkylation sites (tertiary alicyclic amines) is 1. The molecular formula is C20H22FN3O2. The lowest BCUT2D eigenvalue weighted by atomic mass is 9.92. The first-order valence-corrected chi connectivity index (χ1v) is 8.56. The molecule has 136 valence electrons. The number of nitrogens with zero attached hydrogens (tertiary/aromatic N) is 2. The lowest BCUT2D eigenvalue weighted by Gasteiger charge is -2.42. The van der Waals surface area contributed by atoms with Crippen molar-refractivity contribution in [2.45, 2.75) is 26.8 Å². The number of pyridine rings is 1. The van der Waals surface area contributed by atoms with Gasteiger partial charge in [-0.05, 0) is 24.3 Å². The number of aromatic nitrogens is 1. The molecule has 5 nitrogen and oxygen atoms in total. The van der Waals surface area contributed by atoms with Crippen molar-refractivity contribution < 1.29 is 14.0 Å². The Bertz CT molecular complexity index is 822. The Morgan fingerprint density at radius 3 is 2.50 bits per heavy atom. The van der Waals surface area contributed by atoms with Crippen LogP contribution in [0.3, 0.4) is 0 Å². The molecule has 0 unspecified atom stereocenters. The molecule has 3 rings (SSSR count). The Morgan fingerprint density at radius 1 is 1.19 bits per heavy atom. The highest BCUT2D eigenvalue weighted by Gasteiger charge is 2.36. The number of carbonyl (C=O) groups excluding carboxylic acids is 2. The van der Waals surface area contributed by atoms with Gasteiger partial charge in [0.05, 0.1) is 17.3 Å². The molecule has 0 aliphatic carbocycles. The zero-order valence-corrected chi connectivity index (χ0v) is 15.1. The second-order valence-corrected chi connectivity index (χ2v) is 7.57. The molecule has 1 aromatic carbocycles. The fourth-order valence-electron chi connectivity index (χ4n) is 2.83. The average Bonchev–Trinajstić information content (AvgIpc) is 2.56. The fraction of sp³-hybridized carbons (Fsp3) is 0.350. The summed E-state index contributed by atoms with van der Waals surface area (Å²) in [5.41, 5.74) is 1.29. The Morgan fingerprint density at radius 2 is 1.92 bits per heavy atom. The van der Waals surface area contributed by atoms with Crippen molar-refractivity contribution in [1.29, 1.82) is 0 Å². The van der Waals surface area contributed by atoms with Gasteiger partial charge in [-0.3, -0.25) is 14.6 Å². The average molecular weight is 355 g/mol. The van der Waals surface area contributed by atoms with Gasteiger partial charge in [0.15, 0.2) is 0 Å². The third kappa shape index (κ3) is 3.90. The molecule has 6 heteroatoms. The number of benzene rings is 1. The van der Waals surface area contributed by atoms with E-state index in [4.69, 9.17) is 0 Å². The molecule has 0 atom stereocenters. The van der Waals surface area contributed by atoms with Gasteiger partial charge < -0.3 is 10.2 Å². The lowest BCUT2D eigenvalue weighted by molar-refractivity contribution is -0.144. The van der Waals surface area contributed by atoms with Crippen LogP contribution >= 0.6 is 0 Å². The predicted molar refractivity (Wildman–Crippen MR) is 96.9 cm³/mol. The Balaban J connectivity index is 1.57. The van der Waals surface area contributed by atoms with Gasteiger partial charge in [0, 0.05) is 30.3 Å². The number of halogens is 1. The predicted octanol–water partition coefficient (Wildman–Crippen LogP) is 2.87. The summed E-state index contributed by atoms with van der Waals surface area (Å²) in [6, 6.07) is 9.47. The number of hydrogen-bond donors (Lipinski definition) is 1. The number of carbonyl (C=O) groups is 2. The molecule has 26 heavy (non-hydrogen) atoms. The maximum absolute atomic E-state index is 13.3. The van der Waals surface area contributed by atoms with Crippen molar-refractivity contribution in [2.75, 3.05) is 13.1 Å². The highest BCUT2D eigenvalue weighted by molar-refractivity contribution is 5.94. The molecule has 0 radical (unpaired) electrons. The van der Waals surface area contributed by atoms with E-state index in [0.29, 0.717) is 29.9 Å². The third-order valence-electron chi connectivity index (χ3n) is 4.29. The van der Waals surface area contributed by atoms with Crippen molar-refractivity contribution in [2.24, 2.45) is 5.41 Å². The Hall–Kier alpha value is -2.76. The van der Waals surface area contributed by atoms with Crippen LogP contribution < -0.4 is 5.32 Å². The van der Waals surface area contributed by atoms with Gasteiger partial charge in [-0.1, -0.05) is 32.9 Å². The minimum absolute atomic E-state index is 0.0447. The van der Waals surface area contributed by atoms with E-state index in [9.17, 15) is 14.0 Å². The first-order chi connectivity index (χ1) is 12.2. The highest BCUT2D eigenvalue weighted by Crippen LogP contribution is 2.22. The monoisotopic (exact) mass is 355 g/mol. The summed E-state index contributed by atoms with van der Waals surface area (Å²) in [6.07, 6.45) is 1.48. The molecule has 0 saturated carbocycles. The normalized spacial score (nSPS) is 14.7. The van der Waals surface area contributed by atoms with Gasteiger partial charge >= 0.3 is 0 Å². The number of hydrogen-bond acceptors (Lipinski definition) is 3. The molecule has 2 amide bonds. The fourth-order valence-corrected chi connectivity index (χ4v) is 2.83. The van der Waals surface area contributed by atoms with Gasteiger partial charge in [0.2, 0.25) is 5.91 Å². The van der Waals surface area contributed by atoms with Crippen LogP contribution in [-0.2, 0) is 4.79 Å². The van der Waals surface area contributed by atoms with Gasteiger partial charge in [0.1, 0.15) is 5.82 Å². The Labute approximate surface area is 152 Å². The molecule has 2 heterocycles. The van der Waals surface area contributed by atoms with E-state index in [1.165, 1.54) is 18.3 Å². The molecule has 1 aliphatic heterocycles. The van der Waals surface area contributed by atoms with Crippen molar-refractivity contribution >= 4 is 11.8 Å². The molecule has 0 spiro atoms. The molecule has 1 saturated heterocycles. The van der Waals surface area contributed by atoms with Gasteiger partial charge in [-0.25, -0.2) is 4.39 Å². The minimum atomic E-state index is -0.411. The summed E-state index contributed by atoms with van der Waals surface area (Å²) >= 11 is 0. The molecular weight excluding hydrogens is 333 g/mol. The van der Waals surface area contributed by atoms with E-state index in [2.05, 4.69) is 10.3 Å². The van der Waals surface area contributed by atoms with Crippen molar-refractivity contribution in [3.8, 4) is 11.3 Å². The summed E-state index contributed by atoms with van der Waals surface area (Å²) in [4.78, 5) is 30.4. The van der Waals surface area contributed by atoms with Crippen molar-refractivity contribution in [1.82, 2.24) is 15.2 Å². The molecule has 1 aliphatic rings. The Kier molecular flexibility index (Phi) is 4.76. The standard InChI is InChI=1S/C20H22FN3O2/c1-20(2,3)19(26)24-11-16(12-24)23-18(25)14-7-8-17(22-10-14)13-5-4-6-15(21)9-13/h4-10,16H,11-12H2,1-3H3,(H,23,25). The van der Waals surface area contributed by atoms with Crippen molar-refractivity contribution in [3.05, 3.63) is 54.0 Å². The summed E-state index contributed by atoms with van der Waals surface area (Å²) in [6.45, 7) is 6.69. The highest BCUT2D eigenvalue weighted by atomic mass is 19.1. The van der Waals surface area contributed by atoms with Crippen LogP contribution in [0.2, 0.25) is 0 Å². The lowest BCUT2D eigenvalue weighted by Crippen LogP contribution is -2.62. The maximum atomic E-state index is 13.3. The minimum Gasteiger partial charge on any atom is -0.346 e. The second-order valence-electron chi connectivity index (χ2n) is 7.57. The molecule has 0 bridgehead atoms. The van der Waals surface area contributed by atoms with E-state index in [1.807, 2.05) is 20.8 Å². The number of amides is 2. The van der Waals surface area contributed by atoms with E-state index in [1.54, 1.807) is 29.2 Å². The van der Waals surface area contributed by atoms with Crippen LogP contribution in [0.1, 0.15) is 31.1 Å². The van der Waals surface area contributed by atoms with Crippen LogP contribution in [0.4, 0.5) is 4.39 Å². The van der Waals surface area contributed by atoms with E-state index in [0.717, 1.165) is 0 Å². The van der Waals surface area contributed by atoms with Gasteiger partial charge in [-0.15, -0.1) is 0 Å². The molecule has 1 fully saturated rings. The van der Waals surface area contributed by atoms with Crippen molar-refractivity contribution in [3.63, 3.8) is 0 Å². The second kappa shape index (κ2) is 6.86.